The number of hydrogen-bond acceptors (Lipinski definition) is 6. The van der Waals surface area contributed by atoms with E-state index in [1.807, 2.05) is 0 Å². The van der Waals surface area contributed by atoms with Crippen molar-refractivity contribution in [2.24, 2.45) is 5.14 Å². The fourth-order valence-corrected chi connectivity index (χ4v) is 3.12. The quantitative estimate of drug-likeness (QED) is 0.724. The number of carbonyl (C=O) groups is 2. The molecule has 142 valence electrons. The SMILES string of the molecule is NS(=O)(=O)c1cccc(NC(=O)CCC(=O)c2ccc3c(c2)OCCO3)c1. The van der Waals surface area contributed by atoms with Crippen molar-refractivity contribution < 1.29 is 27.5 Å². The highest BCUT2D eigenvalue weighted by atomic mass is 32.2. The molecular formula is C18H18N2O6S. The molecule has 0 saturated heterocycles. The Balaban J connectivity index is 1.58. The number of amides is 1. The zero-order chi connectivity index (χ0) is 19.4. The van der Waals surface area contributed by atoms with Crippen molar-refractivity contribution in [1.82, 2.24) is 0 Å². The van der Waals surface area contributed by atoms with Crippen molar-refractivity contribution in [1.29, 1.82) is 0 Å². The molecule has 8 nitrogen and oxygen atoms in total. The third kappa shape index (κ3) is 4.83. The maximum Gasteiger partial charge on any atom is 0.238 e. The van der Waals surface area contributed by atoms with Crippen LogP contribution in [-0.4, -0.2) is 33.3 Å². The average Bonchev–Trinajstić information content (AvgIpc) is 2.65. The number of benzene rings is 2. The molecule has 1 aliphatic rings. The van der Waals surface area contributed by atoms with Gasteiger partial charge in [-0.1, -0.05) is 6.07 Å². The first-order valence-corrected chi connectivity index (χ1v) is 9.73. The molecule has 0 bridgehead atoms. The zero-order valence-electron chi connectivity index (χ0n) is 14.3. The first-order chi connectivity index (χ1) is 12.8. The number of primary sulfonamides is 1. The Bertz CT molecular complexity index is 987. The number of nitrogens with two attached hydrogens (primary N) is 1. The fourth-order valence-electron chi connectivity index (χ4n) is 2.56. The molecule has 0 aliphatic carbocycles. The topological polar surface area (TPSA) is 125 Å². The second-order valence-electron chi connectivity index (χ2n) is 5.90. The molecule has 0 aromatic heterocycles. The molecule has 2 aromatic rings. The molecule has 0 fully saturated rings. The van der Waals surface area contributed by atoms with Gasteiger partial charge in [-0.05, 0) is 36.4 Å². The van der Waals surface area contributed by atoms with E-state index < -0.39 is 15.9 Å². The Morgan fingerprint density at radius 1 is 1.00 bits per heavy atom. The van der Waals surface area contributed by atoms with Gasteiger partial charge in [-0.3, -0.25) is 9.59 Å². The van der Waals surface area contributed by atoms with E-state index in [1.165, 1.54) is 24.3 Å². The smallest absolute Gasteiger partial charge is 0.238 e. The highest BCUT2D eigenvalue weighted by Gasteiger charge is 2.16. The number of sulfonamides is 1. The minimum atomic E-state index is -3.86. The van der Waals surface area contributed by atoms with Crippen molar-refractivity contribution >= 4 is 27.4 Å². The van der Waals surface area contributed by atoms with Gasteiger partial charge in [0.05, 0.1) is 4.90 Å². The van der Waals surface area contributed by atoms with Gasteiger partial charge in [0.15, 0.2) is 17.3 Å². The molecule has 3 rings (SSSR count). The van der Waals surface area contributed by atoms with Gasteiger partial charge in [0.1, 0.15) is 13.2 Å². The van der Waals surface area contributed by atoms with Crippen LogP contribution in [0.5, 0.6) is 11.5 Å². The molecule has 0 atom stereocenters. The van der Waals surface area contributed by atoms with Crippen LogP contribution in [0.2, 0.25) is 0 Å². The average molecular weight is 390 g/mol. The molecule has 1 amide bonds. The van der Waals surface area contributed by atoms with Gasteiger partial charge < -0.3 is 14.8 Å². The number of anilines is 1. The third-order valence-electron chi connectivity index (χ3n) is 3.89. The molecule has 2 aromatic carbocycles. The van der Waals surface area contributed by atoms with Gasteiger partial charge in [0.25, 0.3) is 0 Å². The van der Waals surface area contributed by atoms with Crippen molar-refractivity contribution in [2.75, 3.05) is 18.5 Å². The predicted octanol–water partition coefficient (Wildman–Crippen LogP) is 1.71. The number of ether oxygens (including phenoxy) is 2. The number of carbonyl (C=O) groups excluding carboxylic acids is 2. The number of fused-ring (bicyclic) bond motifs is 1. The minimum Gasteiger partial charge on any atom is -0.486 e. The summed E-state index contributed by atoms with van der Waals surface area (Å²) in [6.07, 6.45) is -0.0484. The standard InChI is InChI=1S/C18H18N2O6S/c19-27(23,24)14-3-1-2-13(11-14)20-18(22)7-5-15(21)12-4-6-16-17(10-12)26-9-8-25-16/h1-4,6,10-11H,5,7-9H2,(H,20,22)(H2,19,23,24). The maximum atomic E-state index is 12.3. The summed E-state index contributed by atoms with van der Waals surface area (Å²) in [6.45, 7) is 0.887. The Hall–Kier alpha value is -2.91. The lowest BCUT2D eigenvalue weighted by Crippen LogP contribution is -2.16. The summed E-state index contributed by atoms with van der Waals surface area (Å²) in [6, 6.07) is 10.5. The highest BCUT2D eigenvalue weighted by molar-refractivity contribution is 7.89. The van der Waals surface area contributed by atoms with Crippen LogP contribution in [0.15, 0.2) is 47.4 Å². The number of Topliss-reactive ketones (excluding diaryl/α,β-unsaturated/α-hetero) is 1. The van der Waals surface area contributed by atoms with Gasteiger partial charge in [-0.25, -0.2) is 13.6 Å². The van der Waals surface area contributed by atoms with Crippen LogP contribution in [0.1, 0.15) is 23.2 Å². The number of hydrogen-bond donors (Lipinski definition) is 2. The molecule has 0 radical (unpaired) electrons. The Kier molecular flexibility index (Phi) is 5.43. The Morgan fingerprint density at radius 3 is 2.48 bits per heavy atom. The van der Waals surface area contributed by atoms with Crippen LogP contribution >= 0.6 is 0 Å². The lowest BCUT2D eigenvalue weighted by atomic mass is 10.1. The van der Waals surface area contributed by atoms with Gasteiger partial charge in [-0.2, -0.15) is 0 Å². The maximum absolute atomic E-state index is 12.3. The van der Waals surface area contributed by atoms with Crippen LogP contribution in [0.3, 0.4) is 0 Å². The van der Waals surface area contributed by atoms with E-state index in [1.54, 1.807) is 18.2 Å². The summed E-state index contributed by atoms with van der Waals surface area (Å²) in [7, 11) is -3.86. The first kappa shape index (κ1) is 18.9. The van der Waals surface area contributed by atoms with Crippen LogP contribution in [0, 0.1) is 0 Å². The summed E-state index contributed by atoms with van der Waals surface area (Å²) in [5.41, 5.74) is 0.724. The molecule has 1 aliphatic heterocycles. The molecule has 0 saturated carbocycles. The number of ketones is 1. The molecule has 0 unspecified atom stereocenters. The molecular weight excluding hydrogens is 372 g/mol. The van der Waals surface area contributed by atoms with E-state index in [9.17, 15) is 18.0 Å². The molecule has 3 N–H and O–H groups in total. The van der Waals surface area contributed by atoms with Crippen molar-refractivity contribution in [3.63, 3.8) is 0 Å². The molecule has 27 heavy (non-hydrogen) atoms. The monoisotopic (exact) mass is 390 g/mol. The van der Waals surface area contributed by atoms with Crippen molar-refractivity contribution in [3.8, 4) is 11.5 Å². The predicted molar refractivity (Wildman–Crippen MR) is 97.4 cm³/mol. The second-order valence-corrected chi connectivity index (χ2v) is 7.46. The van der Waals surface area contributed by atoms with Crippen molar-refractivity contribution in [3.05, 3.63) is 48.0 Å². The Labute approximate surface area is 156 Å². The molecule has 0 spiro atoms. The third-order valence-corrected chi connectivity index (χ3v) is 4.80. The van der Waals surface area contributed by atoms with Crippen LogP contribution < -0.4 is 19.9 Å². The Morgan fingerprint density at radius 2 is 1.74 bits per heavy atom. The largest absolute Gasteiger partial charge is 0.486 e. The summed E-state index contributed by atoms with van der Waals surface area (Å²) in [5, 5.41) is 7.62. The van der Waals surface area contributed by atoms with E-state index in [2.05, 4.69) is 5.32 Å². The fraction of sp³-hybridized carbons (Fsp3) is 0.222. The summed E-state index contributed by atoms with van der Waals surface area (Å²) in [4.78, 5) is 24.2. The normalized spacial score (nSPS) is 13.1. The highest BCUT2D eigenvalue weighted by Crippen LogP contribution is 2.31. The van der Waals surface area contributed by atoms with Crippen LogP contribution in [-0.2, 0) is 14.8 Å². The van der Waals surface area contributed by atoms with Gasteiger partial charge >= 0.3 is 0 Å². The van der Waals surface area contributed by atoms with Crippen LogP contribution in [0.25, 0.3) is 0 Å². The lowest BCUT2D eigenvalue weighted by molar-refractivity contribution is -0.116. The lowest BCUT2D eigenvalue weighted by Gasteiger charge is -2.18. The molecule has 9 heteroatoms. The summed E-state index contributed by atoms with van der Waals surface area (Å²) in [5.74, 6) is 0.481. The summed E-state index contributed by atoms with van der Waals surface area (Å²) < 4.78 is 33.5. The van der Waals surface area contributed by atoms with E-state index >= 15 is 0 Å². The van der Waals surface area contributed by atoms with E-state index in [4.69, 9.17) is 14.6 Å². The van der Waals surface area contributed by atoms with E-state index in [-0.39, 0.29) is 23.5 Å². The van der Waals surface area contributed by atoms with Gasteiger partial charge in [0, 0.05) is 24.1 Å². The van der Waals surface area contributed by atoms with Crippen LogP contribution in [0.4, 0.5) is 5.69 Å². The molecule has 1 heterocycles. The van der Waals surface area contributed by atoms with Crippen molar-refractivity contribution in [2.45, 2.75) is 17.7 Å². The van der Waals surface area contributed by atoms with E-state index in [0.29, 0.717) is 36.0 Å². The van der Waals surface area contributed by atoms with E-state index in [0.717, 1.165) is 0 Å². The minimum absolute atomic E-state index is 0.000353. The van der Waals surface area contributed by atoms with Gasteiger partial charge in [0.2, 0.25) is 15.9 Å². The summed E-state index contributed by atoms with van der Waals surface area (Å²) >= 11 is 0. The van der Waals surface area contributed by atoms with Gasteiger partial charge in [-0.15, -0.1) is 0 Å². The zero-order valence-corrected chi connectivity index (χ0v) is 15.1. The number of nitrogens with one attached hydrogen (secondary N) is 1. The second kappa shape index (κ2) is 7.77. The first-order valence-electron chi connectivity index (χ1n) is 8.18. The number of rotatable bonds is 6.